The minimum Gasteiger partial charge on any atom is -0.477 e. The summed E-state index contributed by atoms with van der Waals surface area (Å²) in [6.07, 6.45) is -2.71. The van der Waals surface area contributed by atoms with Gasteiger partial charge >= 0.3 is 12.0 Å². The number of rotatable bonds is 7. The first kappa shape index (κ1) is 17.2. The number of nitrogens with one attached hydrogen (secondary N) is 1. The van der Waals surface area contributed by atoms with Gasteiger partial charge in [-0.05, 0) is 6.92 Å². The summed E-state index contributed by atoms with van der Waals surface area (Å²) in [5.74, 6) is -1.11. The second-order valence-electron chi connectivity index (χ2n) is 4.05. The van der Waals surface area contributed by atoms with E-state index in [9.17, 15) is 18.4 Å². The Labute approximate surface area is 123 Å². The molecule has 118 valence electrons. The highest BCUT2D eigenvalue weighted by Crippen LogP contribution is 2.17. The number of alkyl halides is 2. The summed E-state index contributed by atoms with van der Waals surface area (Å²) < 4.78 is 24.6. The van der Waals surface area contributed by atoms with E-state index in [0.717, 1.165) is 16.2 Å². The Morgan fingerprint density at radius 1 is 1.48 bits per heavy atom. The summed E-state index contributed by atoms with van der Waals surface area (Å²) in [7, 11) is 0. The van der Waals surface area contributed by atoms with Crippen molar-refractivity contribution < 1.29 is 28.6 Å². The molecular formula is C11H15F2N3O4S. The van der Waals surface area contributed by atoms with Crippen LogP contribution in [0.25, 0.3) is 0 Å². The number of carboxylic acid groups (broad SMARTS) is 1. The number of carbonyl (C=O) groups is 2. The molecule has 0 saturated heterocycles. The molecule has 0 aromatic carbocycles. The van der Waals surface area contributed by atoms with E-state index in [4.69, 9.17) is 10.2 Å². The lowest BCUT2D eigenvalue weighted by molar-refractivity contribution is 0.0701. The van der Waals surface area contributed by atoms with Crippen molar-refractivity contribution in [1.82, 2.24) is 15.2 Å². The number of amides is 2. The normalized spacial score (nSPS) is 10.7. The van der Waals surface area contributed by atoms with E-state index in [-0.39, 0.29) is 18.0 Å². The molecule has 1 rings (SSSR count). The molecule has 0 fully saturated rings. The Hall–Kier alpha value is -1.81. The Balaban J connectivity index is 2.62. The third-order valence-corrected chi connectivity index (χ3v) is 3.59. The summed E-state index contributed by atoms with van der Waals surface area (Å²) in [4.78, 5) is 27.4. The van der Waals surface area contributed by atoms with Gasteiger partial charge in [0.2, 0.25) is 0 Å². The molecule has 0 aliphatic carbocycles. The molecule has 0 bridgehead atoms. The SMILES string of the molecule is Cc1nc(CNC(=O)N(CCO)CC(F)F)sc1C(=O)O. The van der Waals surface area contributed by atoms with Gasteiger partial charge < -0.3 is 20.4 Å². The molecule has 10 heteroatoms. The van der Waals surface area contributed by atoms with Gasteiger partial charge in [-0.3, -0.25) is 0 Å². The van der Waals surface area contributed by atoms with Crippen molar-refractivity contribution in [2.75, 3.05) is 19.7 Å². The fourth-order valence-corrected chi connectivity index (χ4v) is 2.40. The molecule has 0 atom stereocenters. The molecule has 0 spiro atoms. The molecular weight excluding hydrogens is 308 g/mol. The standard InChI is InChI=1S/C11H15F2N3O4S/c1-6-9(10(18)19)21-8(15-6)4-14-11(20)16(2-3-17)5-7(12)13/h7,17H,2-5H2,1H3,(H,14,20)(H,18,19). The monoisotopic (exact) mass is 323 g/mol. The maximum atomic E-state index is 12.3. The average molecular weight is 323 g/mol. The fraction of sp³-hybridized carbons (Fsp3) is 0.545. The van der Waals surface area contributed by atoms with Crippen LogP contribution < -0.4 is 5.32 Å². The number of aryl methyl sites for hydroxylation is 1. The first-order chi connectivity index (χ1) is 9.85. The van der Waals surface area contributed by atoms with Gasteiger partial charge in [0.25, 0.3) is 6.43 Å². The van der Waals surface area contributed by atoms with Gasteiger partial charge in [-0.2, -0.15) is 0 Å². The number of aliphatic hydroxyl groups excluding tert-OH is 1. The predicted octanol–water partition coefficient (Wildman–Crippen LogP) is 0.919. The van der Waals surface area contributed by atoms with Crippen LogP contribution in [0.3, 0.4) is 0 Å². The number of urea groups is 1. The quantitative estimate of drug-likeness (QED) is 0.692. The van der Waals surface area contributed by atoms with Crippen LogP contribution in [0.1, 0.15) is 20.4 Å². The van der Waals surface area contributed by atoms with E-state index in [1.165, 1.54) is 6.92 Å². The van der Waals surface area contributed by atoms with Crippen LogP contribution in [0.4, 0.5) is 13.6 Å². The number of carboxylic acids is 1. The number of aromatic carboxylic acids is 1. The number of aromatic nitrogens is 1. The Morgan fingerprint density at radius 3 is 2.62 bits per heavy atom. The van der Waals surface area contributed by atoms with Crippen molar-refractivity contribution in [3.63, 3.8) is 0 Å². The topological polar surface area (TPSA) is 103 Å². The fourth-order valence-electron chi connectivity index (χ4n) is 1.55. The zero-order chi connectivity index (χ0) is 16.0. The van der Waals surface area contributed by atoms with Crippen LogP contribution in [-0.2, 0) is 6.54 Å². The number of hydrogen-bond donors (Lipinski definition) is 3. The molecule has 0 aliphatic heterocycles. The zero-order valence-corrected chi connectivity index (χ0v) is 12.0. The summed E-state index contributed by atoms with van der Waals surface area (Å²) in [5.41, 5.74) is 0.330. The molecule has 3 N–H and O–H groups in total. The van der Waals surface area contributed by atoms with Gasteiger partial charge in [0.05, 0.1) is 25.4 Å². The lowest BCUT2D eigenvalue weighted by atomic mass is 10.4. The third-order valence-electron chi connectivity index (χ3n) is 2.44. The van der Waals surface area contributed by atoms with Gasteiger partial charge in [-0.1, -0.05) is 0 Å². The molecule has 0 radical (unpaired) electrons. The smallest absolute Gasteiger partial charge is 0.347 e. The van der Waals surface area contributed by atoms with Crippen molar-refractivity contribution in [2.45, 2.75) is 19.9 Å². The molecule has 1 aromatic rings. The third kappa shape index (κ3) is 5.23. The Kier molecular flexibility index (Phi) is 6.43. The predicted molar refractivity (Wildman–Crippen MR) is 70.7 cm³/mol. The van der Waals surface area contributed by atoms with Crippen LogP contribution in [0.15, 0.2) is 0 Å². The average Bonchev–Trinajstić information content (AvgIpc) is 2.76. The molecule has 2 amide bonds. The van der Waals surface area contributed by atoms with E-state index in [0.29, 0.717) is 10.7 Å². The van der Waals surface area contributed by atoms with Crippen molar-refractivity contribution in [3.05, 3.63) is 15.6 Å². The van der Waals surface area contributed by atoms with Crippen LogP contribution in [-0.4, -0.2) is 58.2 Å². The van der Waals surface area contributed by atoms with Gasteiger partial charge in [-0.15, -0.1) is 11.3 Å². The van der Waals surface area contributed by atoms with E-state index >= 15 is 0 Å². The molecule has 0 aliphatic rings. The number of aliphatic hydroxyl groups is 1. The van der Waals surface area contributed by atoms with E-state index < -0.39 is 31.6 Å². The molecule has 0 unspecified atom stereocenters. The number of hydrogen-bond acceptors (Lipinski definition) is 5. The van der Waals surface area contributed by atoms with Crippen LogP contribution in [0, 0.1) is 6.92 Å². The second kappa shape index (κ2) is 7.84. The first-order valence-electron chi connectivity index (χ1n) is 5.96. The zero-order valence-electron chi connectivity index (χ0n) is 11.2. The molecule has 1 aromatic heterocycles. The van der Waals surface area contributed by atoms with Gasteiger partial charge in [-0.25, -0.2) is 23.4 Å². The largest absolute Gasteiger partial charge is 0.477 e. The highest BCUT2D eigenvalue weighted by atomic mass is 32.1. The molecule has 7 nitrogen and oxygen atoms in total. The van der Waals surface area contributed by atoms with E-state index in [2.05, 4.69) is 10.3 Å². The van der Waals surface area contributed by atoms with Crippen LogP contribution in [0.2, 0.25) is 0 Å². The van der Waals surface area contributed by atoms with Crippen molar-refractivity contribution >= 4 is 23.3 Å². The summed E-state index contributed by atoms with van der Waals surface area (Å²) in [6.45, 7) is 0.0275. The number of halogens is 2. The van der Waals surface area contributed by atoms with Gasteiger partial charge in [0.15, 0.2) is 0 Å². The van der Waals surface area contributed by atoms with Crippen molar-refractivity contribution in [1.29, 1.82) is 0 Å². The molecule has 1 heterocycles. The van der Waals surface area contributed by atoms with Crippen LogP contribution in [0.5, 0.6) is 0 Å². The number of nitrogens with zero attached hydrogens (tertiary/aromatic N) is 2. The van der Waals surface area contributed by atoms with Crippen molar-refractivity contribution in [2.24, 2.45) is 0 Å². The maximum absolute atomic E-state index is 12.3. The first-order valence-corrected chi connectivity index (χ1v) is 6.78. The lowest BCUT2D eigenvalue weighted by Gasteiger charge is -2.21. The Morgan fingerprint density at radius 2 is 2.14 bits per heavy atom. The maximum Gasteiger partial charge on any atom is 0.347 e. The lowest BCUT2D eigenvalue weighted by Crippen LogP contribution is -2.43. The number of thiazole rings is 1. The summed E-state index contributed by atoms with van der Waals surface area (Å²) in [5, 5.41) is 20.3. The second-order valence-corrected chi connectivity index (χ2v) is 5.13. The van der Waals surface area contributed by atoms with E-state index in [1.807, 2.05) is 0 Å². The molecule has 0 saturated carbocycles. The molecule has 21 heavy (non-hydrogen) atoms. The minimum absolute atomic E-state index is 0.0667. The minimum atomic E-state index is -2.71. The van der Waals surface area contributed by atoms with Crippen LogP contribution >= 0.6 is 11.3 Å². The highest BCUT2D eigenvalue weighted by molar-refractivity contribution is 7.13. The van der Waals surface area contributed by atoms with Gasteiger partial charge in [0.1, 0.15) is 9.88 Å². The summed E-state index contributed by atoms with van der Waals surface area (Å²) >= 11 is 0.907. The van der Waals surface area contributed by atoms with Crippen molar-refractivity contribution in [3.8, 4) is 0 Å². The highest BCUT2D eigenvalue weighted by Gasteiger charge is 2.19. The number of carbonyl (C=O) groups excluding carboxylic acids is 1. The summed E-state index contributed by atoms with van der Waals surface area (Å²) in [6, 6.07) is -0.769. The van der Waals surface area contributed by atoms with Gasteiger partial charge in [0, 0.05) is 6.54 Å². The van der Waals surface area contributed by atoms with E-state index in [1.54, 1.807) is 0 Å². The Bertz CT molecular complexity index is 510.